The van der Waals surface area contributed by atoms with Crippen LogP contribution >= 0.6 is 0 Å². The number of rotatable bonds is 2. The van der Waals surface area contributed by atoms with Crippen molar-refractivity contribution in [2.45, 2.75) is 6.92 Å². The molecule has 0 unspecified atom stereocenters. The highest BCUT2D eigenvalue weighted by atomic mass is 16.4. The van der Waals surface area contributed by atoms with Crippen LogP contribution in [0.15, 0.2) is 41.0 Å². The van der Waals surface area contributed by atoms with Crippen molar-refractivity contribution in [3.05, 3.63) is 47.7 Å². The second-order valence-corrected chi connectivity index (χ2v) is 3.29. The Bertz CT molecular complexity index is 483. The summed E-state index contributed by atoms with van der Waals surface area (Å²) in [5.41, 5.74) is 1.66. The molecule has 0 bridgehead atoms. The minimum atomic E-state index is -0.958. The molecule has 0 amide bonds. The van der Waals surface area contributed by atoms with Gasteiger partial charge in [-0.15, -0.1) is 0 Å². The summed E-state index contributed by atoms with van der Waals surface area (Å²) in [6.07, 6.45) is 1.46. The number of carboxylic acids is 1. The van der Waals surface area contributed by atoms with E-state index in [1.54, 1.807) is 6.92 Å². The standard InChI is InChI=1S/C12H10O3/c1-8-7-15-11(10(8)12(13)14)9-5-3-2-4-6-9/h2-7H,1H3,(H,13,14). The largest absolute Gasteiger partial charge is 0.478 e. The highest BCUT2D eigenvalue weighted by molar-refractivity contribution is 5.95. The molecule has 1 aromatic heterocycles. The third-order valence-electron chi connectivity index (χ3n) is 2.22. The highest BCUT2D eigenvalue weighted by Gasteiger charge is 2.18. The SMILES string of the molecule is Cc1coc(-c2ccccc2)c1C(=O)O. The first-order valence-electron chi connectivity index (χ1n) is 4.57. The Morgan fingerprint density at radius 1 is 1.27 bits per heavy atom. The minimum absolute atomic E-state index is 0.237. The van der Waals surface area contributed by atoms with Gasteiger partial charge in [0, 0.05) is 11.1 Å². The van der Waals surface area contributed by atoms with Crippen molar-refractivity contribution in [3.63, 3.8) is 0 Å². The predicted molar refractivity (Wildman–Crippen MR) is 55.8 cm³/mol. The lowest BCUT2D eigenvalue weighted by Crippen LogP contribution is -1.98. The Labute approximate surface area is 87.0 Å². The zero-order valence-corrected chi connectivity index (χ0v) is 8.23. The summed E-state index contributed by atoms with van der Waals surface area (Å²) in [6.45, 7) is 1.72. The Hall–Kier alpha value is -2.03. The first-order chi connectivity index (χ1) is 7.20. The molecule has 15 heavy (non-hydrogen) atoms. The molecular formula is C12H10O3. The summed E-state index contributed by atoms with van der Waals surface area (Å²) in [6, 6.07) is 9.22. The van der Waals surface area contributed by atoms with Crippen molar-refractivity contribution < 1.29 is 14.3 Å². The number of aromatic carboxylic acids is 1. The van der Waals surface area contributed by atoms with Gasteiger partial charge < -0.3 is 9.52 Å². The first-order valence-corrected chi connectivity index (χ1v) is 4.57. The molecule has 3 nitrogen and oxygen atoms in total. The molecule has 0 spiro atoms. The molecule has 0 radical (unpaired) electrons. The summed E-state index contributed by atoms with van der Waals surface area (Å²) in [5, 5.41) is 9.04. The van der Waals surface area contributed by atoms with E-state index < -0.39 is 5.97 Å². The fourth-order valence-corrected chi connectivity index (χ4v) is 1.51. The number of carboxylic acid groups (broad SMARTS) is 1. The van der Waals surface area contributed by atoms with Gasteiger partial charge in [0.25, 0.3) is 0 Å². The average molecular weight is 202 g/mol. The number of hydrogen-bond donors (Lipinski definition) is 1. The average Bonchev–Trinajstić information content (AvgIpc) is 2.61. The van der Waals surface area contributed by atoms with Crippen LogP contribution in [0.25, 0.3) is 11.3 Å². The van der Waals surface area contributed by atoms with Crippen LogP contribution in [0, 0.1) is 6.92 Å². The van der Waals surface area contributed by atoms with Crippen LogP contribution in [0.3, 0.4) is 0 Å². The van der Waals surface area contributed by atoms with Crippen molar-refractivity contribution in [1.29, 1.82) is 0 Å². The van der Waals surface area contributed by atoms with E-state index in [-0.39, 0.29) is 5.56 Å². The molecule has 1 N–H and O–H groups in total. The predicted octanol–water partition coefficient (Wildman–Crippen LogP) is 2.95. The summed E-state index contributed by atoms with van der Waals surface area (Å²) in [4.78, 5) is 11.0. The van der Waals surface area contributed by atoms with Gasteiger partial charge in [0.1, 0.15) is 11.3 Å². The van der Waals surface area contributed by atoms with Crippen LogP contribution in [0.5, 0.6) is 0 Å². The molecule has 0 aliphatic rings. The molecule has 0 saturated heterocycles. The van der Waals surface area contributed by atoms with Crippen molar-refractivity contribution >= 4 is 5.97 Å². The van der Waals surface area contributed by atoms with Crippen LogP contribution in [-0.4, -0.2) is 11.1 Å². The topological polar surface area (TPSA) is 50.4 Å². The number of aryl methyl sites for hydroxylation is 1. The maximum atomic E-state index is 11.0. The molecule has 2 aromatic rings. The van der Waals surface area contributed by atoms with E-state index in [0.29, 0.717) is 11.3 Å². The third-order valence-corrected chi connectivity index (χ3v) is 2.22. The third kappa shape index (κ3) is 1.64. The second-order valence-electron chi connectivity index (χ2n) is 3.29. The smallest absolute Gasteiger partial charge is 0.339 e. The quantitative estimate of drug-likeness (QED) is 0.814. The zero-order chi connectivity index (χ0) is 10.8. The summed E-state index contributed by atoms with van der Waals surface area (Å²) in [7, 11) is 0. The van der Waals surface area contributed by atoms with Crippen molar-refractivity contribution in [1.82, 2.24) is 0 Å². The second kappa shape index (κ2) is 3.61. The zero-order valence-electron chi connectivity index (χ0n) is 8.23. The number of furan rings is 1. The molecular weight excluding hydrogens is 192 g/mol. The normalized spacial score (nSPS) is 10.2. The van der Waals surface area contributed by atoms with E-state index in [4.69, 9.17) is 9.52 Å². The number of benzene rings is 1. The molecule has 0 fully saturated rings. The Balaban J connectivity index is 2.59. The van der Waals surface area contributed by atoms with Crippen LogP contribution in [-0.2, 0) is 0 Å². The fraction of sp³-hybridized carbons (Fsp3) is 0.0833. The van der Waals surface area contributed by atoms with Crippen LogP contribution < -0.4 is 0 Å². The van der Waals surface area contributed by atoms with Gasteiger partial charge in [-0.1, -0.05) is 30.3 Å². The van der Waals surface area contributed by atoms with Gasteiger partial charge in [0.2, 0.25) is 0 Å². The van der Waals surface area contributed by atoms with E-state index in [2.05, 4.69) is 0 Å². The summed E-state index contributed by atoms with van der Waals surface area (Å²) in [5.74, 6) is -0.541. The molecule has 0 aliphatic carbocycles. The molecule has 76 valence electrons. The van der Waals surface area contributed by atoms with Gasteiger partial charge in [-0.25, -0.2) is 4.79 Å². The molecule has 2 rings (SSSR count). The molecule has 3 heteroatoms. The first kappa shape index (κ1) is 9.52. The fourth-order valence-electron chi connectivity index (χ4n) is 1.51. The van der Waals surface area contributed by atoms with Crippen LogP contribution in [0.1, 0.15) is 15.9 Å². The van der Waals surface area contributed by atoms with Crippen molar-refractivity contribution in [2.75, 3.05) is 0 Å². The minimum Gasteiger partial charge on any atom is -0.478 e. The van der Waals surface area contributed by atoms with Gasteiger partial charge >= 0.3 is 5.97 Å². The van der Waals surface area contributed by atoms with Gasteiger partial charge in [0.05, 0.1) is 6.26 Å². The van der Waals surface area contributed by atoms with E-state index >= 15 is 0 Å². The van der Waals surface area contributed by atoms with E-state index in [1.807, 2.05) is 30.3 Å². The summed E-state index contributed by atoms with van der Waals surface area (Å²) < 4.78 is 5.26. The maximum Gasteiger partial charge on any atom is 0.339 e. The number of carbonyl (C=O) groups is 1. The van der Waals surface area contributed by atoms with Gasteiger partial charge in [-0.3, -0.25) is 0 Å². The maximum absolute atomic E-state index is 11.0. The van der Waals surface area contributed by atoms with Crippen molar-refractivity contribution in [2.24, 2.45) is 0 Å². The van der Waals surface area contributed by atoms with Gasteiger partial charge in [0.15, 0.2) is 0 Å². The molecule has 1 heterocycles. The number of hydrogen-bond acceptors (Lipinski definition) is 2. The Morgan fingerprint density at radius 3 is 2.53 bits per heavy atom. The molecule has 0 atom stereocenters. The van der Waals surface area contributed by atoms with E-state index in [1.165, 1.54) is 6.26 Å². The molecule has 1 aromatic carbocycles. The van der Waals surface area contributed by atoms with Gasteiger partial charge in [-0.05, 0) is 6.92 Å². The lowest BCUT2D eigenvalue weighted by atomic mass is 10.1. The Kier molecular flexibility index (Phi) is 2.29. The highest BCUT2D eigenvalue weighted by Crippen LogP contribution is 2.27. The van der Waals surface area contributed by atoms with E-state index in [0.717, 1.165) is 5.56 Å². The summed E-state index contributed by atoms with van der Waals surface area (Å²) >= 11 is 0. The molecule has 0 saturated carbocycles. The lowest BCUT2D eigenvalue weighted by molar-refractivity contribution is 0.0696. The Morgan fingerprint density at radius 2 is 1.93 bits per heavy atom. The van der Waals surface area contributed by atoms with Gasteiger partial charge in [-0.2, -0.15) is 0 Å². The van der Waals surface area contributed by atoms with Crippen molar-refractivity contribution in [3.8, 4) is 11.3 Å². The molecule has 0 aliphatic heterocycles. The van der Waals surface area contributed by atoms with Crippen LogP contribution in [0.2, 0.25) is 0 Å². The van der Waals surface area contributed by atoms with Crippen LogP contribution in [0.4, 0.5) is 0 Å². The van der Waals surface area contributed by atoms with E-state index in [9.17, 15) is 4.79 Å². The lowest BCUT2D eigenvalue weighted by Gasteiger charge is -1.98. The monoisotopic (exact) mass is 202 g/mol.